The molecule has 0 aliphatic carbocycles. The molecule has 0 bridgehead atoms. The molecule has 1 aliphatic rings. The van der Waals surface area contributed by atoms with Crippen LogP contribution in [0.25, 0.3) is 0 Å². The Kier molecular flexibility index (Phi) is 14.7. The Morgan fingerprint density at radius 3 is 1.71 bits per heavy atom. The van der Waals surface area contributed by atoms with Crippen LogP contribution in [0.1, 0.15) is 124 Å². The molecule has 0 radical (unpaired) electrons. The molecule has 0 spiro atoms. The molecule has 0 N–H and O–H groups in total. The maximum absolute atomic E-state index is 11.8. The van der Waals surface area contributed by atoms with Gasteiger partial charge in [0.2, 0.25) is 0 Å². The number of ether oxygens (including phenoxy) is 3. The van der Waals surface area contributed by atoms with Gasteiger partial charge in [-0.15, -0.1) is 0 Å². The maximum Gasteiger partial charge on any atom is 0.305 e. The molecule has 1 saturated heterocycles. The molecule has 1 fully saturated rings. The van der Waals surface area contributed by atoms with Gasteiger partial charge in [-0.1, -0.05) is 96.8 Å². The van der Waals surface area contributed by atoms with Crippen molar-refractivity contribution in [1.29, 1.82) is 0 Å². The summed E-state index contributed by atoms with van der Waals surface area (Å²) >= 11 is 0. The predicted molar refractivity (Wildman–Crippen MR) is 115 cm³/mol. The van der Waals surface area contributed by atoms with Gasteiger partial charge >= 0.3 is 5.97 Å². The average molecular weight is 399 g/mol. The van der Waals surface area contributed by atoms with Gasteiger partial charge in [-0.2, -0.15) is 0 Å². The Morgan fingerprint density at radius 1 is 0.821 bits per heavy atom. The Balaban J connectivity index is 1.76. The lowest BCUT2D eigenvalue weighted by molar-refractivity contribution is -0.158. The van der Waals surface area contributed by atoms with Crippen molar-refractivity contribution in [2.24, 2.45) is 0 Å². The molecule has 4 heteroatoms. The smallest absolute Gasteiger partial charge is 0.305 e. The Bertz CT molecular complexity index is 381. The molecule has 1 rings (SSSR count). The van der Waals surface area contributed by atoms with Gasteiger partial charge in [0.25, 0.3) is 0 Å². The summed E-state index contributed by atoms with van der Waals surface area (Å²) in [6.45, 7) is 6.84. The van der Waals surface area contributed by atoms with Crippen molar-refractivity contribution in [3.05, 3.63) is 0 Å². The molecule has 0 aromatic carbocycles. The van der Waals surface area contributed by atoms with Crippen LogP contribution in [-0.4, -0.2) is 31.1 Å². The van der Waals surface area contributed by atoms with Crippen LogP contribution < -0.4 is 0 Å². The second-order valence-electron chi connectivity index (χ2n) is 8.83. The third-order valence-corrected chi connectivity index (χ3v) is 5.48. The first-order valence-corrected chi connectivity index (χ1v) is 12.0. The van der Waals surface area contributed by atoms with E-state index >= 15 is 0 Å². The fourth-order valence-electron chi connectivity index (χ4n) is 3.74. The van der Waals surface area contributed by atoms with Gasteiger partial charge in [-0.25, -0.2) is 0 Å². The van der Waals surface area contributed by atoms with Crippen molar-refractivity contribution in [2.45, 2.75) is 135 Å². The van der Waals surface area contributed by atoms with Crippen LogP contribution in [0.4, 0.5) is 0 Å². The van der Waals surface area contributed by atoms with Crippen molar-refractivity contribution in [2.75, 3.05) is 13.2 Å². The molecule has 1 heterocycles. The highest BCUT2D eigenvalue weighted by Gasteiger charge is 2.33. The van der Waals surface area contributed by atoms with Crippen LogP contribution in [0, 0.1) is 0 Å². The molecule has 0 saturated carbocycles. The van der Waals surface area contributed by atoms with Crippen molar-refractivity contribution >= 4 is 5.97 Å². The van der Waals surface area contributed by atoms with Crippen molar-refractivity contribution in [3.63, 3.8) is 0 Å². The number of hydrogen-bond acceptors (Lipinski definition) is 4. The van der Waals surface area contributed by atoms with E-state index in [1.807, 2.05) is 13.8 Å². The summed E-state index contributed by atoms with van der Waals surface area (Å²) < 4.78 is 16.4. The predicted octanol–water partition coefficient (Wildman–Crippen LogP) is 6.94. The molecule has 0 aromatic rings. The highest BCUT2D eigenvalue weighted by atomic mass is 16.7. The number of rotatable bonds is 18. The third-order valence-electron chi connectivity index (χ3n) is 5.48. The number of esters is 1. The molecular formula is C24H46O4. The van der Waals surface area contributed by atoms with Gasteiger partial charge in [-0.05, 0) is 20.3 Å². The summed E-state index contributed by atoms with van der Waals surface area (Å²) in [6, 6.07) is 0. The molecular weight excluding hydrogens is 352 g/mol. The molecule has 166 valence electrons. The normalized spacial score (nSPS) is 18.5. The van der Waals surface area contributed by atoms with Crippen molar-refractivity contribution in [1.82, 2.24) is 0 Å². The van der Waals surface area contributed by atoms with Crippen LogP contribution in [0.15, 0.2) is 0 Å². The first-order chi connectivity index (χ1) is 13.5. The van der Waals surface area contributed by atoms with Crippen LogP contribution in [0.3, 0.4) is 0 Å². The second-order valence-corrected chi connectivity index (χ2v) is 8.83. The first kappa shape index (κ1) is 25.4. The first-order valence-electron chi connectivity index (χ1n) is 12.0. The molecule has 1 aliphatic heterocycles. The van der Waals surface area contributed by atoms with Gasteiger partial charge < -0.3 is 14.2 Å². The van der Waals surface area contributed by atoms with Crippen LogP contribution in [0.5, 0.6) is 0 Å². The highest BCUT2D eigenvalue weighted by Crippen LogP contribution is 2.22. The summed E-state index contributed by atoms with van der Waals surface area (Å²) in [5.74, 6) is -0.659. The van der Waals surface area contributed by atoms with Gasteiger partial charge in [0, 0.05) is 6.42 Å². The quantitative estimate of drug-likeness (QED) is 0.185. The average Bonchev–Trinajstić information content (AvgIpc) is 3.02. The Hall–Kier alpha value is -0.610. The lowest BCUT2D eigenvalue weighted by atomic mass is 10.0. The van der Waals surface area contributed by atoms with Crippen LogP contribution in [0.2, 0.25) is 0 Å². The standard InChI is InChI=1S/C24H46O4/c1-4-5-6-7-8-9-10-11-12-13-14-15-16-17-18-19-23(25)26-20-22-21-27-24(2,3)28-22/h22H,4-21H2,1-3H3/t22-/m1/s1. The molecule has 4 nitrogen and oxygen atoms in total. The summed E-state index contributed by atoms with van der Waals surface area (Å²) in [7, 11) is 0. The van der Waals surface area contributed by atoms with E-state index in [-0.39, 0.29) is 12.1 Å². The lowest BCUT2D eigenvalue weighted by Crippen LogP contribution is -2.25. The van der Waals surface area contributed by atoms with E-state index in [9.17, 15) is 4.79 Å². The van der Waals surface area contributed by atoms with Gasteiger partial charge in [0.1, 0.15) is 12.7 Å². The van der Waals surface area contributed by atoms with Gasteiger partial charge in [0.15, 0.2) is 5.79 Å². The summed E-state index contributed by atoms with van der Waals surface area (Å²) in [5, 5.41) is 0. The molecule has 0 unspecified atom stereocenters. The largest absolute Gasteiger partial charge is 0.463 e. The fraction of sp³-hybridized carbons (Fsp3) is 0.958. The summed E-state index contributed by atoms with van der Waals surface area (Å²) in [5.41, 5.74) is 0. The van der Waals surface area contributed by atoms with Crippen LogP contribution >= 0.6 is 0 Å². The van der Waals surface area contributed by atoms with E-state index < -0.39 is 5.79 Å². The Labute approximate surface area is 174 Å². The third kappa shape index (κ3) is 14.4. The molecule has 1 atom stereocenters. The van der Waals surface area contributed by atoms with E-state index in [0.717, 1.165) is 12.8 Å². The zero-order valence-electron chi connectivity index (χ0n) is 18.9. The van der Waals surface area contributed by atoms with Gasteiger partial charge in [-0.3, -0.25) is 4.79 Å². The van der Waals surface area contributed by atoms with E-state index in [1.54, 1.807) is 0 Å². The van der Waals surface area contributed by atoms with E-state index in [1.165, 1.54) is 83.5 Å². The highest BCUT2D eigenvalue weighted by molar-refractivity contribution is 5.69. The molecule has 28 heavy (non-hydrogen) atoms. The van der Waals surface area contributed by atoms with Crippen LogP contribution in [-0.2, 0) is 19.0 Å². The van der Waals surface area contributed by atoms with E-state index in [4.69, 9.17) is 14.2 Å². The minimum atomic E-state index is -0.550. The van der Waals surface area contributed by atoms with Gasteiger partial charge in [0.05, 0.1) is 6.61 Å². The zero-order valence-corrected chi connectivity index (χ0v) is 18.9. The monoisotopic (exact) mass is 398 g/mol. The number of hydrogen-bond donors (Lipinski definition) is 0. The summed E-state index contributed by atoms with van der Waals surface area (Å²) in [6.07, 6.45) is 20.4. The lowest BCUT2D eigenvalue weighted by Gasteiger charge is -2.16. The second kappa shape index (κ2) is 16.2. The number of carbonyl (C=O) groups excluding carboxylic acids is 1. The minimum Gasteiger partial charge on any atom is -0.463 e. The topological polar surface area (TPSA) is 44.8 Å². The minimum absolute atomic E-state index is 0.108. The number of carbonyl (C=O) groups is 1. The molecule has 0 amide bonds. The Morgan fingerprint density at radius 2 is 1.29 bits per heavy atom. The van der Waals surface area contributed by atoms with Crippen molar-refractivity contribution in [3.8, 4) is 0 Å². The number of unbranched alkanes of at least 4 members (excludes halogenated alkanes) is 14. The summed E-state index contributed by atoms with van der Waals surface area (Å²) in [4.78, 5) is 11.8. The van der Waals surface area contributed by atoms with E-state index in [0.29, 0.717) is 19.6 Å². The maximum atomic E-state index is 11.8. The van der Waals surface area contributed by atoms with E-state index in [2.05, 4.69) is 6.92 Å². The van der Waals surface area contributed by atoms with Crippen molar-refractivity contribution < 1.29 is 19.0 Å². The zero-order chi connectivity index (χ0) is 20.5. The SMILES string of the molecule is CCCCCCCCCCCCCCCCCC(=O)OC[C@@H]1COC(C)(C)O1. The molecule has 0 aromatic heterocycles. The fourth-order valence-corrected chi connectivity index (χ4v) is 3.74.